The number of carbonyl (C=O) groups excluding carboxylic acids is 1. The maximum atomic E-state index is 12.1. The first-order chi connectivity index (χ1) is 11.2. The minimum Gasteiger partial charge on any atom is -0.455 e. The van der Waals surface area contributed by atoms with Crippen LogP contribution in [-0.2, 0) is 0 Å². The quantitative estimate of drug-likeness (QED) is 0.728. The molecule has 2 aromatic rings. The van der Waals surface area contributed by atoms with Crippen LogP contribution in [-0.4, -0.2) is 23.8 Å². The third-order valence-corrected chi connectivity index (χ3v) is 3.28. The summed E-state index contributed by atoms with van der Waals surface area (Å²) in [6, 6.07) is 16.4. The number of hydrogen-bond acceptors (Lipinski definition) is 3. The summed E-state index contributed by atoms with van der Waals surface area (Å²) in [5.41, 5.74) is 0.600. The molecule has 0 aliphatic rings. The molecule has 0 saturated carbocycles. The summed E-state index contributed by atoms with van der Waals surface area (Å²) in [5, 5.41) is 14.5. The first kappa shape index (κ1) is 16.8. The maximum Gasteiger partial charge on any atom is 0.319 e. The molecule has 122 valence electrons. The summed E-state index contributed by atoms with van der Waals surface area (Å²) in [7, 11) is 0. The molecule has 0 aliphatic carbocycles. The van der Waals surface area contributed by atoms with Gasteiger partial charge in [-0.2, -0.15) is 0 Å². The molecule has 0 fully saturated rings. The molecule has 5 heteroatoms. The molecule has 3 N–H and O–H groups in total. The van der Waals surface area contributed by atoms with E-state index >= 15 is 0 Å². The second kappa shape index (κ2) is 8.80. The van der Waals surface area contributed by atoms with Crippen LogP contribution in [0.4, 0.5) is 10.5 Å². The van der Waals surface area contributed by atoms with Crippen LogP contribution in [0.15, 0.2) is 54.6 Å². The Kier molecular flexibility index (Phi) is 6.44. The van der Waals surface area contributed by atoms with Gasteiger partial charge in [-0.25, -0.2) is 4.79 Å². The van der Waals surface area contributed by atoms with E-state index in [-0.39, 0.29) is 18.7 Å². The van der Waals surface area contributed by atoms with Crippen molar-refractivity contribution >= 4 is 11.7 Å². The van der Waals surface area contributed by atoms with Crippen LogP contribution in [0.5, 0.6) is 11.5 Å². The summed E-state index contributed by atoms with van der Waals surface area (Å²) in [6.07, 6.45) is 1.39. The average molecular weight is 314 g/mol. The van der Waals surface area contributed by atoms with Crippen molar-refractivity contribution in [2.24, 2.45) is 0 Å². The van der Waals surface area contributed by atoms with Crippen LogP contribution in [0.25, 0.3) is 0 Å². The Morgan fingerprint density at radius 1 is 1.13 bits per heavy atom. The first-order valence-electron chi connectivity index (χ1n) is 7.69. The van der Waals surface area contributed by atoms with Crippen molar-refractivity contribution < 1.29 is 14.6 Å². The van der Waals surface area contributed by atoms with Crippen LogP contribution >= 0.6 is 0 Å². The summed E-state index contributed by atoms with van der Waals surface area (Å²) < 4.78 is 5.80. The molecule has 1 unspecified atom stereocenters. The number of para-hydroxylation sites is 3. The highest BCUT2D eigenvalue weighted by molar-refractivity contribution is 5.91. The smallest absolute Gasteiger partial charge is 0.319 e. The number of aliphatic hydroxyl groups is 1. The van der Waals surface area contributed by atoms with E-state index in [0.29, 0.717) is 23.6 Å². The molecule has 2 rings (SSSR count). The van der Waals surface area contributed by atoms with Gasteiger partial charge in [0.05, 0.1) is 5.69 Å². The number of rotatable bonds is 7. The number of benzene rings is 2. The van der Waals surface area contributed by atoms with E-state index < -0.39 is 0 Å². The van der Waals surface area contributed by atoms with Gasteiger partial charge in [-0.3, -0.25) is 0 Å². The van der Waals surface area contributed by atoms with E-state index in [0.717, 1.165) is 6.42 Å². The van der Waals surface area contributed by atoms with Crippen LogP contribution in [0.3, 0.4) is 0 Å². The van der Waals surface area contributed by atoms with Crippen LogP contribution in [0.2, 0.25) is 0 Å². The molecule has 0 spiro atoms. The van der Waals surface area contributed by atoms with Crippen molar-refractivity contribution in [1.82, 2.24) is 5.32 Å². The fourth-order valence-corrected chi connectivity index (χ4v) is 2.13. The summed E-state index contributed by atoms with van der Waals surface area (Å²) in [6.45, 7) is 2.03. The fourth-order valence-electron chi connectivity index (χ4n) is 2.13. The van der Waals surface area contributed by atoms with Crippen molar-refractivity contribution in [2.45, 2.75) is 25.8 Å². The lowest BCUT2D eigenvalue weighted by atomic mass is 10.2. The van der Waals surface area contributed by atoms with Gasteiger partial charge >= 0.3 is 6.03 Å². The number of aliphatic hydroxyl groups excluding tert-OH is 1. The molecule has 0 aliphatic heterocycles. The molecule has 2 aromatic carbocycles. The van der Waals surface area contributed by atoms with Crippen molar-refractivity contribution in [3.8, 4) is 11.5 Å². The molecule has 23 heavy (non-hydrogen) atoms. The lowest BCUT2D eigenvalue weighted by Gasteiger charge is -2.16. The zero-order valence-corrected chi connectivity index (χ0v) is 13.2. The van der Waals surface area contributed by atoms with Crippen LogP contribution in [0.1, 0.15) is 19.8 Å². The first-order valence-corrected chi connectivity index (χ1v) is 7.69. The summed E-state index contributed by atoms with van der Waals surface area (Å²) >= 11 is 0. The van der Waals surface area contributed by atoms with E-state index in [1.54, 1.807) is 12.1 Å². The number of carbonyl (C=O) groups is 1. The lowest BCUT2D eigenvalue weighted by molar-refractivity contribution is 0.245. The molecular formula is C18H22N2O3. The van der Waals surface area contributed by atoms with Gasteiger partial charge in [0.15, 0.2) is 5.75 Å². The fraction of sp³-hybridized carbons (Fsp3) is 0.278. The van der Waals surface area contributed by atoms with Gasteiger partial charge in [0.1, 0.15) is 5.75 Å². The van der Waals surface area contributed by atoms with Gasteiger partial charge < -0.3 is 20.5 Å². The highest BCUT2D eigenvalue weighted by Crippen LogP contribution is 2.28. The molecule has 2 amide bonds. The zero-order valence-electron chi connectivity index (χ0n) is 13.2. The number of nitrogens with one attached hydrogen (secondary N) is 2. The molecule has 1 atom stereocenters. The Balaban J connectivity index is 1.98. The van der Waals surface area contributed by atoms with Gasteiger partial charge in [0.2, 0.25) is 0 Å². The second-order valence-corrected chi connectivity index (χ2v) is 5.28. The largest absolute Gasteiger partial charge is 0.455 e. The number of anilines is 1. The number of hydrogen-bond donors (Lipinski definition) is 3. The number of ether oxygens (including phenoxy) is 1. The van der Waals surface area contributed by atoms with Crippen molar-refractivity contribution in [3.05, 3.63) is 54.6 Å². The Morgan fingerprint density at radius 2 is 1.83 bits per heavy atom. The van der Waals surface area contributed by atoms with Gasteiger partial charge in [-0.1, -0.05) is 30.3 Å². The summed E-state index contributed by atoms with van der Waals surface area (Å²) in [5.74, 6) is 1.29. The van der Waals surface area contributed by atoms with E-state index in [9.17, 15) is 4.79 Å². The molecule has 0 aromatic heterocycles. The molecule has 0 saturated heterocycles. The standard InChI is InChI=1S/C18H22N2O3/c1-14(8-7-13-21)19-18(22)20-16-11-5-6-12-17(16)23-15-9-3-2-4-10-15/h2-6,9-12,14,21H,7-8,13H2,1H3,(H2,19,20,22). The topological polar surface area (TPSA) is 70.6 Å². The van der Waals surface area contributed by atoms with Crippen LogP contribution in [0, 0.1) is 0 Å². The predicted molar refractivity (Wildman–Crippen MR) is 90.9 cm³/mol. The Labute approximate surface area is 136 Å². The molecule has 0 heterocycles. The number of amides is 2. The highest BCUT2D eigenvalue weighted by atomic mass is 16.5. The van der Waals surface area contributed by atoms with Crippen LogP contribution < -0.4 is 15.4 Å². The molecule has 0 bridgehead atoms. The molecule has 0 radical (unpaired) electrons. The van der Waals surface area contributed by atoms with Gasteiger partial charge in [0.25, 0.3) is 0 Å². The minimum absolute atomic E-state index is 0.00986. The second-order valence-electron chi connectivity index (χ2n) is 5.28. The monoisotopic (exact) mass is 314 g/mol. The SMILES string of the molecule is CC(CCCO)NC(=O)Nc1ccccc1Oc1ccccc1. The van der Waals surface area contributed by atoms with E-state index in [1.165, 1.54) is 0 Å². The third kappa shape index (κ3) is 5.64. The molecule has 5 nitrogen and oxygen atoms in total. The van der Waals surface area contributed by atoms with E-state index in [4.69, 9.17) is 9.84 Å². The van der Waals surface area contributed by atoms with Crippen molar-refractivity contribution in [2.75, 3.05) is 11.9 Å². The van der Waals surface area contributed by atoms with Gasteiger partial charge in [-0.05, 0) is 44.0 Å². The van der Waals surface area contributed by atoms with Crippen molar-refractivity contribution in [3.63, 3.8) is 0 Å². The van der Waals surface area contributed by atoms with Gasteiger partial charge in [-0.15, -0.1) is 0 Å². The van der Waals surface area contributed by atoms with Crippen molar-refractivity contribution in [1.29, 1.82) is 0 Å². The predicted octanol–water partition coefficient (Wildman–Crippen LogP) is 3.76. The Hall–Kier alpha value is -2.53. The molecular weight excluding hydrogens is 292 g/mol. The highest BCUT2D eigenvalue weighted by Gasteiger charge is 2.10. The number of urea groups is 1. The average Bonchev–Trinajstić information content (AvgIpc) is 2.55. The zero-order chi connectivity index (χ0) is 16.5. The maximum absolute atomic E-state index is 12.1. The Morgan fingerprint density at radius 3 is 2.57 bits per heavy atom. The van der Waals surface area contributed by atoms with Gasteiger partial charge in [0, 0.05) is 12.6 Å². The Bertz CT molecular complexity index is 617. The van der Waals surface area contributed by atoms with E-state index in [1.807, 2.05) is 49.4 Å². The minimum atomic E-state index is -0.292. The van der Waals surface area contributed by atoms with E-state index in [2.05, 4.69) is 10.6 Å². The summed E-state index contributed by atoms with van der Waals surface area (Å²) in [4.78, 5) is 12.1. The lowest BCUT2D eigenvalue weighted by Crippen LogP contribution is -2.36. The third-order valence-electron chi connectivity index (χ3n) is 3.28. The normalized spacial score (nSPS) is 11.6.